The van der Waals surface area contributed by atoms with Gasteiger partial charge in [0.25, 0.3) is 0 Å². The van der Waals surface area contributed by atoms with Crippen LogP contribution in [0.1, 0.15) is 13.8 Å². The Bertz CT molecular complexity index is 122. The van der Waals surface area contributed by atoms with Crippen molar-refractivity contribution in [3.05, 3.63) is 0 Å². The first-order valence-electron chi connectivity index (χ1n) is 3.95. The van der Waals surface area contributed by atoms with E-state index in [2.05, 4.69) is 35.7 Å². The fourth-order valence-electron chi connectivity index (χ4n) is 1.26. The first kappa shape index (κ1) is 9.71. The molecule has 2 nitrogen and oxygen atoms in total. The summed E-state index contributed by atoms with van der Waals surface area (Å²) in [7, 11) is 1.63. The molecule has 1 fully saturated rings. The van der Waals surface area contributed by atoms with Crippen molar-refractivity contribution < 1.29 is 0 Å². The van der Waals surface area contributed by atoms with E-state index in [9.17, 15) is 0 Å². The van der Waals surface area contributed by atoms with Crippen LogP contribution in [0.3, 0.4) is 0 Å². The lowest BCUT2D eigenvalue weighted by Gasteiger charge is -2.39. The third-order valence-electron chi connectivity index (χ3n) is 2.10. The monoisotopic (exact) mass is 192 g/mol. The van der Waals surface area contributed by atoms with Crippen LogP contribution >= 0.6 is 22.5 Å². The van der Waals surface area contributed by atoms with Crippen LogP contribution in [-0.4, -0.2) is 35.9 Å². The van der Waals surface area contributed by atoms with E-state index in [1.165, 1.54) is 0 Å². The van der Waals surface area contributed by atoms with E-state index >= 15 is 0 Å². The highest BCUT2D eigenvalue weighted by Crippen LogP contribution is 2.31. The lowest BCUT2D eigenvalue weighted by molar-refractivity contribution is 0.174. The van der Waals surface area contributed by atoms with Crippen LogP contribution in [0.2, 0.25) is 0 Å². The van der Waals surface area contributed by atoms with Crippen LogP contribution in [0.25, 0.3) is 0 Å². The van der Waals surface area contributed by atoms with Crippen molar-refractivity contribution in [1.29, 1.82) is 0 Å². The molecule has 0 bridgehead atoms. The Morgan fingerprint density at radius 3 is 2.36 bits per heavy atom. The molecule has 0 atom stereocenters. The number of hydrogen-bond donors (Lipinski definition) is 2. The molecule has 1 aliphatic rings. The fraction of sp³-hybridized carbons (Fsp3) is 1.00. The average molecular weight is 192 g/mol. The molecule has 11 heavy (non-hydrogen) atoms. The molecule has 0 unspecified atom stereocenters. The smallest absolute Gasteiger partial charge is 0.0714 e. The van der Waals surface area contributed by atoms with Gasteiger partial charge in [-0.1, -0.05) is 10.8 Å². The van der Waals surface area contributed by atoms with Gasteiger partial charge in [-0.05, 0) is 13.8 Å². The van der Waals surface area contributed by atoms with Gasteiger partial charge in [0.2, 0.25) is 0 Å². The predicted molar refractivity (Wildman–Crippen MR) is 55.1 cm³/mol. The minimum atomic E-state index is 0.186. The Morgan fingerprint density at radius 1 is 1.36 bits per heavy atom. The van der Waals surface area contributed by atoms with Crippen molar-refractivity contribution >= 4 is 22.5 Å². The molecule has 1 N–H and O–H groups in total. The van der Waals surface area contributed by atoms with Gasteiger partial charge < -0.3 is 5.32 Å². The molecule has 1 saturated heterocycles. The summed E-state index contributed by atoms with van der Waals surface area (Å²) < 4.78 is 0. The number of piperazine rings is 1. The molecule has 0 aromatic rings. The summed E-state index contributed by atoms with van der Waals surface area (Å²) in [6.07, 6.45) is 0. The van der Waals surface area contributed by atoms with Crippen molar-refractivity contribution in [3.8, 4) is 0 Å². The highest BCUT2D eigenvalue weighted by atomic mass is 33.1. The molecule has 0 aliphatic carbocycles. The van der Waals surface area contributed by atoms with E-state index in [1.807, 2.05) is 0 Å². The van der Waals surface area contributed by atoms with Crippen molar-refractivity contribution in [2.45, 2.75) is 18.7 Å². The van der Waals surface area contributed by atoms with E-state index < -0.39 is 0 Å². The Kier molecular flexibility index (Phi) is 3.55. The van der Waals surface area contributed by atoms with Gasteiger partial charge in [0.1, 0.15) is 0 Å². The molecule has 0 spiro atoms. The maximum Gasteiger partial charge on any atom is 0.0714 e. The van der Waals surface area contributed by atoms with E-state index in [4.69, 9.17) is 0 Å². The number of rotatable bonds is 2. The number of hydrogen-bond acceptors (Lipinski definition) is 4. The Labute approximate surface area is 77.9 Å². The molecule has 0 aromatic heterocycles. The van der Waals surface area contributed by atoms with Gasteiger partial charge in [-0.2, -0.15) is 0 Å². The zero-order chi connectivity index (χ0) is 8.32. The van der Waals surface area contributed by atoms with Crippen LogP contribution in [0, 0.1) is 0 Å². The van der Waals surface area contributed by atoms with Gasteiger partial charge in [0.05, 0.1) is 4.87 Å². The fourth-order valence-corrected chi connectivity index (χ4v) is 1.91. The van der Waals surface area contributed by atoms with E-state index in [-0.39, 0.29) is 4.87 Å². The largest absolute Gasteiger partial charge is 0.314 e. The van der Waals surface area contributed by atoms with Gasteiger partial charge in [0, 0.05) is 26.2 Å². The first-order valence-corrected chi connectivity index (χ1v) is 5.82. The lowest BCUT2D eigenvalue weighted by atomic mass is 10.2. The maximum atomic E-state index is 4.27. The normalized spacial score (nSPS) is 22.1. The molecule has 66 valence electrons. The van der Waals surface area contributed by atoms with Crippen molar-refractivity contribution in [1.82, 2.24) is 10.2 Å². The molecule has 4 heteroatoms. The van der Waals surface area contributed by atoms with Crippen LogP contribution in [-0.2, 0) is 0 Å². The van der Waals surface area contributed by atoms with E-state index in [0.29, 0.717) is 0 Å². The van der Waals surface area contributed by atoms with E-state index in [1.54, 1.807) is 10.8 Å². The van der Waals surface area contributed by atoms with Crippen LogP contribution < -0.4 is 5.32 Å². The third-order valence-corrected chi connectivity index (χ3v) is 4.15. The molecule has 0 radical (unpaired) electrons. The highest BCUT2D eigenvalue weighted by Gasteiger charge is 2.26. The second kappa shape index (κ2) is 4.03. The summed E-state index contributed by atoms with van der Waals surface area (Å²) in [6, 6.07) is 0. The van der Waals surface area contributed by atoms with Gasteiger partial charge in [-0.25, -0.2) is 0 Å². The minimum absolute atomic E-state index is 0.186. The van der Waals surface area contributed by atoms with Gasteiger partial charge >= 0.3 is 0 Å². The second-order valence-corrected chi connectivity index (χ2v) is 5.00. The Hall–Kier alpha value is 0.620. The minimum Gasteiger partial charge on any atom is -0.314 e. The molecule has 1 rings (SSSR count). The summed E-state index contributed by atoms with van der Waals surface area (Å²) in [5.41, 5.74) is 0. The number of nitrogens with one attached hydrogen (secondary N) is 1. The Balaban J connectivity index is 2.43. The zero-order valence-corrected chi connectivity index (χ0v) is 8.84. The van der Waals surface area contributed by atoms with Crippen molar-refractivity contribution in [2.24, 2.45) is 0 Å². The van der Waals surface area contributed by atoms with Crippen LogP contribution in [0.5, 0.6) is 0 Å². The van der Waals surface area contributed by atoms with E-state index in [0.717, 1.165) is 26.2 Å². The zero-order valence-electron chi connectivity index (χ0n) is 7.13. The van der Waals surface area contributed by atoms with Crippen molar-refractivity contribution in [2.75, 3.05) is 26.2 Å². The van der Waals surface area contributed by atoms with Crippen molar-refractivity contribution in [3.63, 3.8) is 0 Å². The summed E-state index contributed by atoms with van der Waals surface area (Å²) in [4.78, 5) is 2.65. The SMILES string of the molecule is CC(C)(SS)N1CCNCC1. The topological polar surface area (TPSA) is 15.3 Å². The quantitative estimate of drug-likeness (QED) is 0.505. The highest BCUT2D eigenvalue weighted by molar-refractivity contribution is 8.69. The Morgan fingerprint density at radius 2 is 1.91 bits per heavy atom. The summed E-state index contributed by atoms with van der Waals surface area (Å²) in [5, 5.41) is 3.34. The molecule has 0 aromatic carbocycles. The lowest BCUT2D eigenvalue weighted by Crippen LogP contribution is -2.51. The second-order valence-electron chi connectivity index (χ2n) is 3.28. The van der Waals surface area contributed by atoms with Gasteiger partial charge in [-0.3, -0.25) is 4.90 Å². The summed E-state index contributed by atoms with van der Waals surface area (Å²) in [6.45, 7) is 8.93. The molecule has 1 aliphatic heterocycles. The van der Waals surface area contributed by atoms with Gasteiger partial charge in [0.15, 0.2) is 0 Å². The first-order chi connectivity index (χ1) is 5.17. The molecule has 0 amide bonds. The summed E-state index contributed by atoms with van der Waals surface area (Å²) >= 11 is 4.27. The van der Waals surface area contributed by atoms with Gasteiger partial charge in [-0.15, -0.1) is 11.7 Å². The molecule has 1 heterocycles. The standard InChI is InChI=1S/C7H16N2S2/c1-7(2,11-10)9-5-3-8-4-6-9/h8,10H,3-6H2,1-2H3. The van der Waals surface area contributed by atoms with Crippen LogP contribution in [0.15, 0.2) is 0 Å². The molecular formula is C7H16N2S2. The third kappa shape index (κ3) is 2.54. The number of nitrogens with zero attached hydrogens (tertiary/aromatic N) is 1. The van der Waals surface area contributed by atoms with Crippen LogP contribution in [0.4, 0.5) is 0 Å². The maximum absolute atomic E-state index is 4.27. The molecular weight excluding hydrogens is 176 g/mol. The average Bonchev–Trinajstić information content (AvgIpc) is 2.06. The predicted octanol–water partition coefficient (Wildman–Crippen LogP) is 1.21. The summed E-state index contributed by atoms with van der Waals surface area (Å²) in [5.74, 6) is 0. The number of thiol groups is 1. The molecule has 0 saturated carbocycles.